The van der Waals surface area contributed by atoms with Crippen LogP contribution >= 0.6 is 11.6 Å². The Morgan fingerprint density at radius 3 is 2.64 bits per heavy atom. The van der Waals surface area contributed by atoms with Crippen molar-refractivity contribution in [2.24, 2.45) is 5.10 Å². The van der Waals surface area contributed by atoms with Gasteiger partial charge in [0.2, 0.25) is 0 Å². The minimum absolute atomic E-state index is 0.0458. The lowest BCUT2D eigenvalue weighted by molar-refractivity contribution is -0.130. The molecule has 2 aromatic carbocycles. The molecule has 1 heterocycles. The Balaban J connectivity index is 1.82. The number of carbonyl (C=O) groups excluding carboxylic acids is 1. The molecule has 3 rings (SSSR count). The Bertz CT molecular complexity index is 746. The van der Waals surface area contributed by atoms with Gasteiger partial charge in [0.25, 0.3) is 5.91 Å². The van der Waals surface area contributed by atoms with Gasteiger partial charge in [0.1, 0.15) is 11.7 Å². The summed E-state index contributed by atoms with van der Waals surface area (Å²) in [6.07, 6.45) is 0. The molecule has 0 saturated heterocycles. The van der Waals surface area contributed by atoms with E-state index in [2.05, 4.69) is 5.10 Å². The zero-order chi connectivity index (χ0) is 15.7. The van der Waals surface area contributed by atoms with Gasteiger partial charge in [-0.3, -0.25) is 4.79 Å². The van der Waals surface area contributed by atoms with Gasteiger partial charge in [0.15, 0.2) is 0 Å². The van der Waals surface area contributed by atoms with Crippen LogP contribution in [0.5, 0.6) is 0 Å². The third kappa shape index (κ3) is 2.74. The van der Waals surface area contributed by atoms with Crippen LogP contribution < -0.4 is 0 Å². The van der Waals surface area contributed by atoms with E-state index in [4.69, 9.17) is 11.6 Å². The molecule has 1 aliphatic rings. The highest BCUT2D eigenvalue weighted by molar-refractivity contribution is 6.30. The van der Waals surface area contributed by atoms with Gasteiger partial charge in [-0.05, 0) is 30.2 Å². The minimum atomic E-state index is -0.472. The van der Waals surface area contributed by atoms with Gasteiger partial charge in [-0.25, -0.2) is 9.40 Å². The Kier molecular flexibility index (Phi) is 3.94. The van der Waals surface area contributed by atoms with Gasteiger partial charge < -0.3 is 0 Å². The molecule has 1 amide bonds. The number of hydrazone groups is 1. The number of benzene rings is 2. The van der Waals surface area contributed by atoms with Crippen molar-refractivity contribution < 1.29 is 9.18 Å². The third-order valence-electron chi connectivity index (χ3n) is 3.65. The highest BCUT2D eigenvalue weighted by atomic mass is 35.5. The average molecular weight is 317 g/mol. The van der Waals surface area contributed by atoms with Crippen molar-refractivity contribution in [3.63, 3.8) is 0 Å². The maximum Gasteiger partial charge on any atom is 0.256 e. The quantitative estimate of drug-likeness (QED) is 0.843. The lowest BCUT2D eigenvalue weighted by Gasteiger charge is -2.15. The molecule has 3 nitrogen and oxygen atoms in total. The molecule has 0 saturated carbocycles. The van der Waals surface area contributed by atoms with E-state index < -0.39 is 5.82 Å². The second-order valence-corrected chi connectivity index (χ2v) is 5.64. The van der Waals surface area contributed by atoms with Crippen molar-refractivity contribution in [2.75, 3.05) is 0 Å². The van der Waals surface area contributed by atoms with Crippen LogP contribution in [0, 0.1) is 5.82 Å². The first-order valence-electron chi connectivity index (χ1n) is 6.91. The van der Waals surface area contributed by atoms with Crippen LogP contribution in [0.1, 0.15) is 24.0 Å². The number of nitrogens with zero attached hydrogens (tertiary/aromatic N) is 2. The molecule has 1 atom stereocenters. The lowest BCUT2D eigenvalue weighted by atomic mass is 9.95. The van der Waals surface area contributed by atoms with E-state index in [1.54, 1.807) is 6.07 Å². The van der Waals surface area contributed by atoms with E-state index in [9.17, 15) is 9.18 Å². The van der Waals surface area contributed by atoms with Crippen molar-refractivity contribution in [1.29, 1.82) is 0 Å². The van der Waals surface area contributed by atoms with Crippen LogP contribution in [-0.4, -0.2) is 16.6 Å². The molecule has 0 spiro atoms. The smallest absolute Gasteiger partial charge is 0.256 e. The van der Waals surface area contributed by atoms with Gasteiger partial charge in [-0.15, -0.1) is 0 Å². The fourth-order valence-corrected chi connectivity index (χ4v) is 2.78. The van der Waals surface area contributed by atoms with Crippen LogP contribution in [0.15, 0.2) is 53.6 Å². The fraction of sp³-hybridized carbons (Fsp3) is 0.176. The Morgan fingerprint density at radius 1 is 1.23 bits per heavy atom. The van der Waals surface area contributed by atoms with E-state index in [1.807, 2.05) is 37.3 Å². The van der Waals surface area contributed by atoms with Gasteiger partial charge in [-0.2, -0.15) is 5.10 Å². The molecular weight excluding hydrogens is 303 g/mol. The lowest BCUT2D eigenvalue weighted by Crippen LogP contribution is -2.25. The molecule has 0 aliphatic carbocycles. The van der Waals surface area contributed by atoms with Gasteiger partial charge in [0.05, 0.1) is 17.3 Å². The standard InChI is InChI=1S/C17H14ClFN2O/c1-11-16(13-5-3-2-4-6-13)17(22)21(20-11)10-12-7-8-15(19)14(18)9-12/h2-9,16H,10H2,1H3. The van der Waals surface area contributed by atoms with Crippen LogP contribution in [0.2, 0.25) is 5.02 Å². The van der Waals surface area contributed by atoms with Crippen molar-refractivity contribution >= 4 is 23.2 Å². The second-order valence-electron chi connectivity index (χ2n) is 5.23. The second kappa shape index (κ2) is 5.89. The topological polar surface area (TPSA) is 32.7 Å². The monoisotopic (exact) mass is 316 g/mol. The zero-order valence-corrected chi connectivity index (χ0v) is 12.7. The molecule has 112 valence electrons. The molecular formula is C17H14ClFN2O. The van der Waals surface area contributed by atoms with Gasteiger partial charge in [-0.1, -0.05) is 48.0 Å². The number of hydrogen-bond donors (Lipinski definition) is 0. The summed E-state index contributed by atoms with van der Waals surface area (Å²) < 4.78 is 13.2. The molecule has 22 heavy (non-hydrogen) atoms. The molecule has 0 N–H and O–H groups in total. The highest BCUT2D eigenvalue weighted by Crippen LogP contribution is 2.28. The number of carbonyl (C=O) groups is 1. The first-order valence-corrected chi connectivity index (χ1v) is 7.29. The summed E-state index contributed by atoms with van der Waals surface area (Å²) in [5, 5.41) is 5.80. The van der Waals surface area contributed by atoms with Crippen molar-refractivity contribution in [1.82, 2.24) is 5.01 Å². The van der Waals surface area contributed by atoms with E-state index in [0.717, 1.165) is 16.8 Å². The molecule has 2 aromatic rings. The first kappa shape index (κ1) is 14.7. The molecule has 0 fully saturated rings. The average Bonchev–Trinajstić information content (AvgIpc) is 2.78. The minimum Gasteiger partial charge on any atom is -0.272 e. The summed E-state index contributed by atoms with van der Waals surface area (Å²) in [6.45, 7) is 2.12. The van der Waals surface area contributed by atoms with Crippen molar-refractivity contribution in [2.45, 2.75) is 19.4 Å². The van der Waals surface area contributed by atoms with Gasteiger partial charge >= 0.3 is 0 Å². The summed E-state index contributed by atoms with van der Waals surface area (Å²) in [6, 6.07) is 14.0. The predicted molar refractivity (Wildman–Crippen MR) is 84.3 cm³/mol. The molecule has 0 radical (unpaired) electrons. The Morgan fingerprint density at radius 2 is 1.95 bits per heavy atom. The van der Waals surface area contributed by atoms with E-state index in [-0.39, 0.29) is 23.4 Å². The third-order valence-corrected chi connectivity index (χ3v) is 3.94. The van der Waals surface area contributed by atoms with Crippen molar-refractivity contribution in [3.8, 4) is 0 Å². The molecule has 0 bridgehead atoms. The maximum absolute atomic E-state index is 13.2. The van der Waals surface area contributed by atoms with Crippen molar-refractivity contribution in [3.05, 3.63) is 70.5 Å². The number of halogens is 2. The summed E-state index contributed by atoms with van der Waals surface area (Å²) in [5.74, 6) is -0.902. The van der Waals surface area contributed by atoms with Gasteiger partial charge in [0, 0.05) is 0 Å². The molecule has 1 unspecified atom stereocenters. The highest BCUT2D eigenvalue weighted by Gasteiger charge is 2.34. The zero-order valence-electron chi connectivity index (χ0n) is 12.0. The maximum atomic E-state index is 13.2. The van der Waals surface area contributed by atoms with Crippen LogP contribution in [0.3, 0.4) is 0 Å². The molecule has 5 heteroatoms. The van der Waals surface area contributed by atoms with Crippen LogP contribution in [0.4, 0.5) is 4.39 Å². The summed E-state index contributed by atoms with van der Waals surface area (Å²) in [5.41, 5.74) is 2.42. The fourth-order valence-electron chi connectivity index (χ4n) is 2.58. The number of hydrogen-bond acceptors (Lipinski definition) is 2. The SMILES string of the molecule is CC1=NN(Cc2ccc(F)c(Cl)c2)C(=O)C1c1ccccc1. The van der Waals surface area contributed by atoms with Crippen LogP contribution in [-0.2, 0) is 11.3 Å². The normalized spacial score (nSPS) is 17.8. The molecule has 1 aliphatic heterocycles. The number of rotatable bonds is 3. The van der Waals surface area contributed by atoms with E-state index in [1.165, 1.54) is 17.1 Å². The Labute approximate surface area is 133 Å². The molecule has 0 aromatic heterocycles. The first-order chi connectivity index (χ1) is 10.6. The Hall–Kier alpha value is -2.20. The predicted octanol–water partition coefficient (Wildman–Crippen LogP) is 3.98. The van der Waals surface area contributed by atoms with E-state index in [0.29, 0.717) is 0 Å². The summed E-state index contributed by atoms with van der Waals surface area (Å²) in [7, 11) is 0. The summed E-state index contributed by atoms with van der Waals surface area (Å²) in [4.78, 5) is 12.6. The largest absolute Gasteiger partial charge is 0.272 e. The van der Waals surface area contributed by atoms with E-state index >= 15 is 0 Å². The summed E-state index contributed by atoms with van der Waals surface area (Å²) >= 11 is 5.77. The van der Waals surface area contributed by atoms with Crippen LogP contribution in [0.25, 0.3) is 0 Å². The number of amides is 1.